The summed E-state index contributed by atoms with van der Waals surface area (Å²) in [6.45, 7) is 8.74. The number of aromatic nitrogens is 4. The van der Waals surface area contributed by atoms with Crippen molar-refractivity contribution in [2.24, 2.45) is 0 Å². The standard InChI is InChI=1S/C26H29FN6O3S/c1-4-33-13-11-20(12-14-33)36-26-23-17(3)30-31-25(23)28-24(29-26)18-6-8-19(9-7-18)32-37(34,35)22-15-16(2)5-10-21(22)27/h5-10,15,20,32H,4,11-14H2,1-3H3,(H,28,29,30,31). The molecule has 0 bridgehead atoms. The van der Waals surface area contributed by atoms with E-state index in [0.717, 1.165) is 49.6 Å². The number of piperidine rings is 1. The summed E-state index contributed by atoms with van der Waals surface area (Å²) in [4.78, 5) is 11.3. The van der Waals surface area contributed by atoms with Crippen molar-refractivity contribution in [2.75, 3.05) is 24.4 Å². The number of nitrogens with zero attached hydrogens (tertiary/aromatic N) is 4. The topological polar surface area (TPSA) is 113 Å². The normalized spacial score (nSPS) is 15.2. The van der Waals surface area contributed by atoms with Crippen LogP contribution in [0.4, 0.5) is 10.1 Å². The first kappa shape index (κ1) is 25.1. The van der Waals surface area contributed by atoms with E-state index in [1.807, 2.05) is 6.92 Å². The number of anilines is 1. The minimum atomic E-state index is -4.09. The van der Waals surface area contributed by atoms with Gasteiger partial charge in [0.1, 0.15) is 22.2 Å². The van der Waals surface area contributed by atoms with Gasteiger partial charge in [-0.3, -0.25) is 9.82 Å². The fraction of sp³-hybridized carbons (Fsp3) is 0.346. The average Bonchev–Trinajstić information content (AvgIpc) is 3.27. The van der Waals surface area contributed by atoms with E-state index in [0.29, 0.717) is 34.2 Å². The lowest BCUT2D eigenvalue weighted by Gasteiger charge is -2.31. The van der Waals surface area contributed by atoms with Crippen LogP contribution in [0.25, 0.3) is 22.4 Å². The van der Waals surface area contributed by atoms with Gasteiger partial charge in [0, 0.05) is 24.3 Å². The summed E-state index contributed by atoms with van der Waals surface area (Å²) >= 11 is 0. The lowest BCUT2D eigenvalue weighted by atomic mass is 10.1. The van der Waals surface area contributed by atoms with Crippen LogP contribution in [-0.2, 0) is 10.0 Å². The number of aromatic amines is 1. The van der Waals surface area contributed by atoms with Crippen LogP contribution in [0.2, 0.25) is 0 Å². The van der Waals surface area contributed by atoms with Crippen LogP contribution in [0.1, 0.15) is 31.0 Å². The molecule has 1 saturated heterocycles. The summed E-state index contributed by atoms with van der Waals surface area (Å²) in [5.74, 6) is 0.108. The molecule has 4 aromatic rings. The highest BCUT2D eigenvalue weighted by atomic mass is 32.2. The first-order valence-electron chi connectivity index (χ1n) is 12.2. The molecule has 2 aromatic heterocycles. The van der Waals surface area contributed by atoms with Crippen molar-refractivity contribution in [2.45, 2.75) is 44.6 Å². The zero-order chi connectivity index (χ0) is 26.2. The maximum atomic E-state index is 14.2. The van der Waals surface area contributed by atoms with E-state index in [4.69, 9.17) is 9.72 Å². The largest absolute Gasteiger partial charge is 0.474 e. The van der Waals surface area contributed by atoms with E-state index < -0.39 is 20.7 Å². The van der Waals surface area contributed by atoms with Gasteiger partial charge in [0.25, 0.3) is 10.0 Å². The predicted octanol–water partition coefficient (Wildman–Crippen LogP) is 4.44. The summed E-state index contributed by atoms with van der Waals surface area (Å²) < 4.78 is 48.5. The van der Waals surface area contributed by atoms with E-state index >= 15 is 0 Å². The number of fused-ring (bicyclic) bond motifs is 1. The van der Waals surface area contributed by atoms with E-state index in [1.54, 1.807) is 31.2 Å². The Labute approximate surface area is 215 Å². The van der Waals surface area contributed by atoms with Crippen molar-refractivity contribution in [1.29, 1.82) is 0 Å². The number of halogens is 1. The van der Waals surface area contributed by atoms with Gasteiger partial charge >= 0.3 is 0 Å². The Morgan fingerprint density at radius 3 is 2.54 bits per heavy atom. The molecular weight excluding hydrogens is 495 g/mol. The SMILES string of the molecule is CCN1CCC(Oc2nc(-c3ccc(NS(=O)(=O)c4cc(C)ccc4F)cc3)nc3[nH]nc(C)c23)CC1. The third-order valence-corrected chi connectivity index (χ3v) is 8.00. The summed E-state index contributed by atoms with van der Waals surface area (Å²) in [6.07, 6.45) is 1.89. The molecular formula is C26H29FN6O3S. The van der Waals surface area contributed by atoms with Crippen molar-refractivity contribution in [3.05, 3.63) is 59.5 Å². The second-order valence-corrected chi connectivity index (χ2v) is 10.9. The molecule has 0 atom stereocenters. The van der Waals surface area contributed by atoms with Crippen molar-refractivity contribution in [3.8, 4) is 17.3 Å². The Balaban J connectivity index is 1.40. The third-order valence-electron chi connectivity index (χ3n) is 6.60. The molecule has 0 radical (unpaired) electrons. The van der Waals surface area contributed by atoms with E-state index in [-0.39, 0.29) is 6.10 Å². The van der Waals surface area contributed by atoms with Crippen LogP contribution in [0.15, 0.2) is 47.4 Å². The Bertz CT molecular complexity index is 1530. The van der Waals surface area contributed by atoms with Gasteiger partial charge in [-0.05, 0) is 75.2 Å². The highest BCUT2D eigenvalue weighted by Crippen LogP contribution is 2.30. The number of aryl methyl sites for hydroxylation is 2. The predicted molar refractivity (Wildman–Crippen MR) is 140 cm³/mol. The average molecular weight is 525 g/mol. The van der Waals surface area contributed by atoms with Crippen molar-refractivity contribution in [3.63, 3.8) is 0 Å². The van der Waals surface area contributed by atoms with Crippen molar-refractivity contribution >= 4 is 26.7 Å². The monoisotopic (exact) mass is 524 g/mol. The summed E-state index contributed by atoms with van der Waals surface area (Å²) in [6, 6.07) is 10.6. The molecule has 194 valence electrons. The summed E-state index contributed by atoms with van der Waals surface area (Å²) in [5.41, 5.74) is 2.94. The van der Waals surface area contributed by atoms with Gasteiger partial charge in [0.05, 0.1) is 5.69 Å². The van der Waals surface area contributed by atoms with Crippen LogP contribution in [0.3, 0.4) is 0 Å². The van der Waals surface area contributed by atoms with Gasteiger partial charge in [-0.25, -0.2) is 17.8 Å². The first-order chi connectivity index (χ1) is 17.7. The molecule has 1 aliphatic rings. The third kappa shape index (κ3) is 5.28. The number of likely N-dealkylation sites (tertiary alicyclic amines) is 1. The maximum Gasteiger partial charge on any atom is 0.264 e. The molecule has 37 heavy (non-hydrogen) atoms. The number of sulfonamides is 1. The molecule has 5 rings (SSSR count). The Morgan fingerprint density at radius 2 is 1.84 bits per heavy atom. The number of benzene rings is 2. The van der Waals surface area contributed by atoms with Gasteiger partial charge in [-0.2, -0.15) is 10.1 Å². The summed E-state index contributed by atoms with van der Waals surface area (Å²) in [5, 5.41) is 7.98. The number of hydrogen-bond acceptors (Lipinski definition) is 7. The molecule has 1 fully saturated rings. The van der Waals surface area contributed by atoms with Gasteiger partial charge in [0.15, 0.2) is 11.5 Å². The second-order valence-electron chi connectivity index (χ2n) is 9.25. The van der Waals surface area contributed by atoms with Gasteiger partial charge in [-0.15, -0.1) is 0 Å². The quantitative estimate of drug-likeness (QED) is 0.367. The molecule has 0 unspecified atom stereocenters. The molecule has 1 aliphatic heterocycles. The minimum Gasteiger partial charge on any atom is -0.474 e. The minimum absolute atomic E-state index is 0.0573. The zero-order valence-electron chi connectivity index (χ0n) is 21.0. The number of H-pyrrole nitrogens is 1. The molecule has 0 saturated carbocycles. The van der Waals surface area contributed by atoms with Crippen molar-refractivity contribution < 1.29 is 17.5 Å². The van der Waals surface area contributed by atoms with Gasteiger partial charge < -0.3 is 9.64 Å². The Morgan fingerprint density at radius 1 is 1.11 bits per heavy atom. The number of ether oxygens (including phenoxy) is 1. The molecule has 2 aromatic carbocycles. The number of rotatable bonds is 7. The summed E-state index contributed by atoms with van der Waals surface area (Å²) in [7, 11) is -4.09. The Kier molecular flexibility index (Phi) is 6.82. The second kappa shape index (κ2) is 10.1. The maximum absolute atomic E-state index is 14.2. The lowest BCUT2D eigenvalue weighted by Crippen LogP contribution is -2.38. The first-order valence-corrected chi connectivity index (χ1v) is 13.7. The molecule has 0 amide bonds. The highest BCUT2D eigenvalue weighted by Gasteiger charge is 2.23. The van der Waals surface area contributed by atoms with Crippen LogP contribution in [0, 0.1) is 19.7 Å². The number of hydrogen-bond donors (Lipinski definition) is 2. The van der Waals surface area contributed by atoms with Crippen molar-refractivity contribution in [1.82, 2.24) is 25.1 Å². The van der Waals surface area contributed by atoms with Crippen LogP contribution >= 0.6 is 0 Å². The molecule has 3 heterocycles. The molecule has 0 aliphatic carbocycles. The fourth-order valence-electron chi connectivity index (χ4n) is 4.47. The molecule has 0 spiro atoms. The van der Waals surface area contributed by atoms with Crippen LogP contribution in [0.5, 0.6) is 5.88 Å². The number of nitrogens with one attached hydrogen (secondary N) is 2. The van der Waals surface area contributed by atoms with E-state index in [2.05, 4.69) is 31.7 Å². The lowest BCUT2D eigenvalue weighted by molar-refractivity contribution is 0.101. The van der Waals surface area contributed by atoms with E-state index in [1.165, 1.54) is 12.1 Å². The van der Waals surface area contributed by atoms with E-state index in [9.17, 15) is 12.8 Å². The van der Waals surface area contributed by atoms with Gasteiger partial charge in [0.2, 0.25) is 5.88 Å². The molecule has 2 N–H and O–H groups in total. The molecule has 11 heteroatoms. The van der Waals surface area contributed by atoms with Crippen LogP contribution in [-0.4, -0.2) is 59.2 Å². The van der Waals surface area contributed by atoms with Gasteiger partial charge in [-0.1, -0.05) is 13.0 Å². The highest BCUT2D eigenvalue weighted by molar-refractivity contribution is 7.92. The smallest absolute Gasteiger partial charge is 0.264 e. The molecule has 9 nitrogen and oxygen atoms in total. The fourth-order valence-corrected chi connectivity index (χ4v) is 5.69. The van der Waals surface area contributed by atoms with Crippen LogP contribution < -0.4 is 9.46 Å². The zero-order valence-corrected chi connectivity index (χ0v) is 21.8. The Hall–Kier alpha value is -3.57.